The molecule has 0 amide bonds. The van der Waals surface area contributed by atoms with Crippen molar-refractivity contribution in [3.8, 4) is 0 Å². The fourth-order valence-corrected chi connectivity index (χ4v) is 2.63. The Balaban J connectivity index is 1.67. The minimum atomic E-state index is 0.613. The van der Waals surface area contributed by atoms with Gasteiger partial charge in [0.15, 0.2) is 0 Å². The normalized spacial score (nSPS) is 14.0. The summed E-state index contributed by atoms with van der Waals surface area (Å²) in [7, 11) is 4.13. The van der Waals surface area contributed by atoms with E-state index in [0.717, 1.165) is 37.1 Å². The topological polar surface area (TPSA) is 53.1 Å². The molecule has 3 rings (SSSR count). The van der Waals surface area contributed by atoms with Crippen molar-refractivity contribution in [1.29, 1.82) is 0 Å². The van der Waals surface area contributed by atoms with Crippen molar-refractivity contribution in [2.45, 2.75) is 32.2 Å². The molecule has 2 N–H and O–H groups in total. The van der Waals surface area contributed by atoms with Crippen molar-refractivity contribution < 1.29 is 0 Å². The molecule has 1 saturated carbocycles. The van der Waals surface area contributed by atoms with E-state index in [0.29, 0.717) is 5.92 Å². The second kappa shape index (κ2) is 7.62. The standard InChI is InChI=1S/C19H27N5/c1-14-5-4-6-15(11-14)13-21-18-12-17(16-7-8-16)22-19(23-18)20-9-10-24(2)3/h4-6,11-12,16H,7-10,13H2,1-3H3,(H2,20,21,22,23). The zero-order chi connectivity index (χ0) is 16.9. The molecule has 5 nitrogen and oxygen atoms in total. The van der Waals surface area contributed by atoms with Gasteiger partial charge in [-0.1, -0.05) is 29.8 Å². The SMILES string of the molecule is Cc1cccc(CNc2cc(C3CC3)nc(NCCN(C)C)n2)c1. The highest BCUT2D eigenvalue weighted by Crippen LogP contribution is 2.39. The Kier molecular flexibility index (Phi) is 5.30. The Hall–Kier alpha value is -2.14. The first-order valence-corrected chi connectivity index (χ1v) is 8.67. The van der Waals surface area contributed by atoms with Gasteiger partial charge in [0, 0.05) is 31.6 Å². The summed E-state index contributed by atoms with van der Waals surface area (Å²) in [4.78, 5) is 11.5. The number of anilines is 2. The van der Waals surface area contributed by atoms with E-state index >= 15 is 0 Å². The lowest BCUT2D eigenvalue weighted by atomic mass is 10.1. The highest BCUT2D eigenvalue weighted by Gasteiger charge is 2.26. The number of nitrogens with zero attached hydrogens (tertiary/aromatic N) is 3. The van der Waals surface area contributed by atoms with Crippen LogP contribution in [0.4, 0.5) is 11.8 Å². The summed E-state index contributed by atoms with van der Waals surface area (Å²) in [6, 6.07) is 10.7. The van der Waals surface area contributed by atoms with E-state index in [9.17, 15) is 0 Å². The fourth-order valence-electron chi connectivity index (χ4n) is 2.63. The number of rotatable bonds is 8. The summed E-state index contributed by atoms with van der Waals surface area (Å²) in [6.45, 7) is 4.70. The Morgan fingerprint density at radius 1 is 1.12 bits per heavy atom. The highest BCUT2D eigenvalue weighted by molar-refractivity contribution is 5.44. The Morgan fingerprint density at radius 3 is 2.67 bits per heavy atom. The van der Waals surface area contributed by atoms with Gasteiger partial charge in [0.1, 0.15) is 5.82 Å². The molecular weight excluding hydrogens is 298 g/mol. The number of hydrogen-bond donors (Lipinski definition) is 2. The Bertz CT molecular complexity index is 679. The number of aromatic nitrogens is 2. The molecule has 0 radical (unpaired) electrons. The first-order valence-electron chi connectivity index (χ1n) is 8.67. The molecule has 5 heteroatoms. The average molecular weight is 325 g/mol. The molecule has 0 aliphatic heterocycles. The van der Waals surface area contributed by atoms with Crippen LogP contribution < -0.4 is 10.6 Å². The molecule has 1 aromatic carbocycles. The molecule has 24 heavy (non-hydrogen) atoms. The molecule has 1 aliphatic carbocycles. The quantitative estimate of drug-likeness (QED) is 0.780. The van der Waals surface area contributed by atoms with Crippen LogP contribution in [0.3, 0.4) is 0 Å². The van der Waals surface area contributed by atoms with Gasteiger partial charge in [0.2, 0.25) is 5.95 Å². The van der Waals surface area contributed by atoms with Crippen LogP contribution in [0.25, 0.3) is 0 Å². The van der Waals surface area contributed by atoms with Crippen LogP contribution in [0.5, 0.6) is 0 Å². The van der Waals surface area contributed by atoms with Gasteiger partial charge < -0.3 is 15.5 Å². The lowest BCUT2D eigenvalue weighted by molar-refractivity contribution is 0.425. The van der Waals surface area contributed by atoms with Crippen LogP contribution in [0, 0.1) is 6.92 Å². The van der Waals surface area contributed by atoms with Gasteiger partial charge in [-0.25, -0.2) is 4.98 Å². The van der Waals surface area contributed by atoms with E-state index in [1.807, 2.05) is 0 Å². The zero-order valence-corrected chi connectivity index (χ0v) is 14.8. The summed E-state index contributed by atoms with van der Waals surface area (Å²) in [5, 5.41) is 6.79. The van der Waals surface area contributed by atoms with Gasteiger partial charge in [-0.2, -0.15) is 4.98 Å². The molecule has 0 bridgehead atoms. The van der Waals surface area contributed by atoms with Gasteiger partial charge in [-0.05, 0) is 39.4 Å². The number of benzene rings is 1. The molecule has 0 atom stereocenters. The first kappa shape index (κ1) is 16.7. The third-order valence-electron chi connectivity index (χ3n) is 4.14. The van der Waals surface area contributed by atoms with Gasteiger partial charge in [0.25, 0.3) is 0 Å². The minimum absolute atomic E-state index is 0.613. The van der Waals surface area contributed by atoms with Crippen LogP contribution in [-0.2, 0) is 6.54 Å². The van der Waals surface area contributed by atoms with Gasteiger partial charge >= 0.3 is 0 Å². The number of likely N-dealkylation sites (N-methyl/N-ethyl adjacent to an activating group) is 1. The summed E-state index contributed by atoms with van der Waals surface area (Å²) >= 11 is 0. The molecule has 1 aromatic heterocycles. The van der Waals surface area contributed by atoms with E-state index in [2.05, 4.69) is 76.9 Å². The second-order valence-electron chi connectivity index (χ2n) is 6.85. The van der Waals surface area contributed by atoms with Crippen LogP contribution in [0.1, 0.15) is 35.6 Å². The van der Waals surface area contributed by atoms with Crippen molar-refractivity contribution in [2.75, 3.05) is 37.8 Å². The smallest absolute Gasteiger partial charge is 0.224 e. The number of hydrogen-bond acceptors (Lipinski definition) is 5. The average Bonchev–Trinajstić information content (AvgIpc) is 3.37. The summed E-state index contributed by atoms with van der Waals surface area (Å²) in [5.41, 5.74) is 3.70. The number of nitrogens with one attached hydrogen (secondary N) is 2. The van der Waals surface area contributed by atoms with E-state index in [4.69, 9.17) is 0 Å². The molecule has 1 heterocycles. The van der Waals surface area contributed by atoms with Gasteiger partial charge in [-0.3, -0.25) is 0 Å². The maximum Gasteiger partial charge on any atom is 0.224 e. The van der Waals surface area contributed by atoms with Crippen LogP contribution in [-0.4, -0.2) is 42.1 Å². The van der Waals surface area contributed by atoms with Crippen molar-refractivity contribution in [3.63, 3.8) is 0 Å². The molecule has 0 unspecified atom stereocenters. The van der Waals surface area contributed by atoms with Gasteiger partial charge in [-0.15, -0.1) is 0 Å². The Labute approximate surface area is 144 Å². The predicted octanol–water partition coefficient (Wildman–Crippen LogP) is 3.25. The predicted molar refractivity (Wildman–Crippen MR) is 99.6 cm³/mol. The lowest BCUT2D eigenvalue weighted by Gasteiger charge is -2.13. The summed E-state index contributed by atoms with van der Waals surface area (Å²) < 4.78 is 0. The number of aryl methyl sites for hydroxylation is 1. The van der Waals surface area contributed by atoms with Crippen molar-refractivity contribution >= 4 is 11.8 Å². The molecule has 1 fully saturated rings. The largest absolute Gasteiger partial charge is 0.366 e. The van der Waals surface area contributed by atoms with Crippen molar-refractivity contribution in [3.05, 3.63) is 47.2 Å². The van der Waals surface area contributed by atoms with Crippen LogP contribution >= 0.6 is 0 Å². The highest BCUT2D eigenvalue weighted by atomic mass is 15.2. The second-order valence-corrected chi connectivity index (χ2v) is 6.85. The molecule has 0 saturated heterocycles. The van der Waals surface area contributed by atoms with Crippen LogP contribution in [0.15, 0.2) is 30.3 Å². The molecular formula is C19H27N5. The molecule has 2 aromatic rings. The zero-order valence-electron chi connectivity index (χ0n) is 14.8. The maximum absolute atomic E-state index is 4.68. The Morgan fingerprint density at radius 2 is 1.96 bits per heavy atom. The van der Waals surface area contributed by atoms with Crippen molar-refractivity contribution in [2.24, 2.45) is 0 Å². The fraction of sp³-hybridized carbons (Fsp3) is 0.474. The van der Waals surface area contributed by atoms with Crippen LogP contribution in [0.2, 0.25) is 0 Å². The first-order chi connectivity index (χ1) is 11.6. The lowest BCUT2D eigenvalue weighted by Crippen LogP contribution is -2.21. The third kappa shape index (κ3) is 4.93. The summed E-state index contributed by atoms with van der Waals surface area (Å²) in [5.74, 6) is 2.25. The van der Waals surface area contributed by atoms with Gasteiger partial charge in [0.05, 0.1) is 5.69 Å². The van der Waals surface area contributed by atoms with E-state index in [1.54, 1.807) is 0 Å². The minimum Gasteiger partial charge on any atom is -0.366 e. The summed E-state index contributed by atoms with van der Waals surface area (Å²) in [6.07, 6.45) is 2.48. The van der Waals surface area contributed by atoms with E-state index in [-0.39, 0.29) is 0 Å². The molecule has 0 spiro atoms. The third-order valence-corrected chi connectivity index (χ3v) is 4.14. The molecule has 128 valence electrons. The van der Waals surface area contributed by atoms with Crippen molar-refractivity contribution in [1.82, 2.24) is 14.9 Å². The monoisotopic (exact) mass is 325 g/mol. The maximum atomic E-state index is 4.68. The molecule has 1 aliphatic rings. The van der Waals surface area contributed by atoms with E-state index < -0.39 is 0 Å². The van der Waals surface area contributed by atoms with E-state index in [1.165, 1.54) is 24.0 Å².